The average Bonchev–Trinajstić information content (AvgIpc) is 3.19. The van der Waals surface area contributed by atoms with Gasteiger partial charge in [0.15, 0.2) is 0 Å². The summed E-state index contributed by atoms with van der Waals surface area (Å²) in [6, 6.07) is 23.4. The molecule has 0 heterocycles. The summed E-state index contributed by atoms with van der Waals surface area (Å²) < 4.78 is 40.1. The number of rotatable bonds is 18. The summed E-state index contributed by atoms with van der Waals surface area (Å²) >= 11 is 0. The molecule has 4 rings (SSSR count). The van der Waals surface area contributed by atoms with Crippen LogP contribution in [-0.4, -0.2) is 64.8 Å². The number of nitrogens with one attached hydrogen (secondary N) is 5. The van der Waals surface area contributed by atoms with E-state index in [0.717, 1.165) is 24.3 Å². The number of hydrogen-bond acceptors (Lipinski definition) is 7. The molecule has 0 aliphatic heterocycles. The number of nitrogens with zero attached hydrogens (tertiary/aromatic N) is 1. The molecule has 0 bridgehead atoms. The van der Waals surface area contributed by atoms with Crippen LogP contribution >= 0.6 is 0 Å². The second kappa shape index (κ2) is 20.8. The van der Waals surface area contributed by atoms with E-state index in [1.54, 1.807) is 72.8 Å². The van der Waals surface area contributed by atoms with Crippen LogP contribution in [-0.2, 0) is 54.2 Å². The summed E-state index contributed by atoms with van der Waals surface area (Å²) in [5, 5.41) is 31.5. The van der Waals surface area contributed by atoms with E-state index >= 15 is 0 Å². The van der Waals surface area contributed by atoms with Gasteiger partial charge in [-0.05, 0) is 60.0 Å². The minimum absolute atomic E-state index is 0.0997. The van der Waals surface area contributed by atoms with Crippen LogP contribution in [0.4, 0.5) is 18.9 Å². The number of halogens is 3. The van der Waals surface area contributed by atoms with Crippen LogP contribution in [0.15, 0.2) is 109 Å². The van der Waals surface area contributed by atoms with Gasteiger partial charge in [-0.3, -0.25) is 28.8 Å². The minimum atomic E-state index is -4.65. The lowest BCUT2D eigenvalue weighted by molar-refractivity contribution is -0.141. The zero-order chi connectivity index (χ0) is 42.2. The molecule has 13 nitrogen and oxygen atoms in total. The molecule has 0 saturated carbocycles. The highest BCUT2D eigenvalue weighted by molar-refractivity contribution is 5.96. The SMILES string of the molecule is C[C@H](NC(=O)[C@@H](Cc1ccccc1)NC(=O)[C@H](Cc1ccc(C(F)(F)F)cc1)NC(=O)[C@@H](Cc1cccc(C#N)c1)NC(=O)CCC(=O)Nc1ccccc1)C(=O)O. The molecule has 0 aliphatic carbocycles. The Bertz CT molecular complexity index is 2110. The van der Waals surface area contributed by atoms with Crippen molar-refractivity contribution in [3.63, 3.8) is 0 Å². The van der Waals surface area contributed by atoms with Gasteiger partial charge in [0.25, 0.3) is 0 Å². The molecule has 0 aliphatic rings. The molecular formula is C42H41F3N6O7. The standard InChI is InChI=1S/C42H41F3N6O7/c1-26(41(57)58)47-38(54)34(22-27-9-4-2-5-10-27)50-40(56)35(23-28-15-17-31(18-16-28)42(43,44)45)51-39(55)33(24-29-11-8-12-30(21-29)25-46)49-37(53)20-19-36(52)48-32-13-6-3-7-14-32/h2-18,21,26,33-35H,19-20,22-24H2,1H3,(H,47,54)(H,48,52)(H,49,53)(H,50,56)(H,51,55)(H,57,58)/t26-,33+,34+,35-/m0/s1. The fraction of sp³-hybridized carbons (Fsp3) is 0.262. The first-order valence-electron chi connectivity index (χ1n) is 18.1. The molecule has 0 saturated heterocycles. The maximum absolute atomic E-state index is 14.1. The van der Waals surface area contributed by atoms with Gasteiger partial charge >= 0.3 is 12.1 Å². The number of carboxylic acids is 1. The van der Waals surface area contributed by atoms with Crippen molar-refractivity contribution in [2.24, 2.45) is 0 Å². The Morgan fingerprint density at radius 3 is 1.66 bits per heavy atom. The van der Waals surface area contributed by atoms with E-state index in [1.165, 1.54) is 19.1 Å². The summed E-state index contributed by atoms with van der Waals surface area (Å²) in [6.45, 7) is 1.23. The first kappa shape index (κ1) is 43.7. The first-order chi connectivity index (χ1) is 27.6. The number of amides is 5. The lowest BCUT2D eigenvalue weighted by atomic mass is 9.99. The first-order valence-corrected chi connectivity index (χ1v) is 18.1. The van der Waals surface area contributed by atoms with Crippen LogP contribution < -0.4 is 26.6 Å². The van der Waals surface area contributed by atoms with Gasteiger partial charge in [0.05, 0.1) is 17.2 Å². The zero-order valence-corrected chi connectivity index (χ0v) is 31.2. The molecule has 4 aromatic rings. The largest absolute Gasteiger partial charge is 0.480 e. The number of aliphatic carboxylic acids is 1. The number of carbonyl (C=O) groups is 6. The van der Waals surface area contributed by atoms with Crippen molar-refractivity contribution in [2.75, 3.05) is 5.32 Å². The number of para-hydroxylation sites is 1. The van der Waals surface area contributed by atoms with Crippen LogP contribution in [0, 0.1) is 11.3 Å². The number of alkyl halides is 3. The third-order valence-corrected chi connectivity index (χ3v) is 8.78. The number of nitriles is 1. The van der Waals surface area contributed by atoms with E-state index in [1.807, 2.05) is 6.07 Å². The summed E-state index contributed by atoms with van der Waals surface area (Å²) in [4.78, 5) is 78.8. The van der Waals surface area contributed by atoms with E-state index in [0.29, 0.717) is 16.8 Å². The Morgan fingerprint density at radius 1 is 0.621 bits per heavy atom. The van der Waals surface area contributed by atoms with Crippen LogP contribution in [0.5, 0.6) is 0 Å². The van der Waals surface area contributed by atoms with Gasteiger partial charge in [-0.2, -0.15) is 18.4 Å². The Balaban J connectivity index is 1.62. The lowest BCUT2D eigenvalue weighted by Crippen LogP contribution is -2.58. The highest BCUT2D eigenvalue weighted by atomic mass is 19.4. The van der Waals surface area contributed by atoms with Crippen molar-refractivity contribution in [1.29, 1.82) is 5.26 Å². The van der Waals surface area contributed by atoms with Crippen molar-refractivity contribution in [2.45, 2.75) is 69.4 Å². The van der Waals surface area contributed by atoms with E-state index in [9.17, 15) is 52.3 Å². The predicted molar refractivity (Wildman–Crippen MR) is 205 cm³/mol. The summed E-state index contributed by atoms with van der Waals surface area (Å²) in [5.74, 6) is -5.21. The molecule has 302 valence electrons. The van der Waals surface area contributed by atoms with Crippen LogP contribution in [0.1, 0.15) is 47.6 Å². The second-order valence-corrected chi connectivity index (χ2v) is 13.3. The van der Waals surface area contributed by atoms with Gasteiger partial charge in [-0.25, -0.2) is 0 Å². The molecule has 4 atom stereocenters. The van der Waals surface area contributed by atoms with Gasteiger partial charge in [0.2, 0.25) is 29.5 Å². The number of anilines is 1. The number of carbonyl (C=O) groups excluding carboxylic acids is 5. The molecule has 0 fully saturated rings. The quantitative estimate of drug-likeness (QED) is 0.0864. The maximum Gasteiger partial charge on any atom is 0.416 e. The zero-order valence-electron chi connectivity index (χ0n) is 31.2. The summed E-state index contributed by atoms with van der Waals surface area (Å²) in [6.07, 6.45) is -5.87. The molecule has 16 heteroatoms. The number of benzene rings is 4. The molecule has 0 radical (unpaired) electrons. The fourth-order valence-electron chi connectivity index (χ4n) is 5.71. The third-order valence-electron chi connectivity index (χ3n) is 8.78. The van der Waals surface area contributed by atoms with E-state index in [4.69, 9.17) is 0 Å². The highest BCUT2D eigenvalue weighted by Gasteiger charge is 2.33. The third kappa shape index (κ3) is 13.9. The maximum atomic E-state index is 14.1. The van der Waals surface area contributed by atoms with Crippen molar-refractivity contribution in [1.82, 2.24) is 21.3 Å². The highest BCUT2D eigenvalue weighted by Crippen LogP contribution is 2.29. The Morgan fingerprint density at radius 2 is 1.10 bits per heavy atom. The van der Waals surface area contributed by atoms with Crippen LogP contribution in [0.3, 0.4) is 0 Å². The van der Waals surface area contributed by atoms with Gasteiger partial charge in [0, 0.05) is 37.8 Å². The van der Waals surface area contributed by atoms with Crippen LogP contribution in [0.2, 0.25) is 0 Å². The predicted octanol–water partition coefficient (Wildman–Crippen LogP) is 4.07. The normalized spacial score (nSPS) is 13.0. The lowest BCUT2D eigenvalue weighted by Gasteiger charge is -2.26. The topological polar surface area (TPSA) is 207 Å². The molecule has 4 aromatic carbocycles. The molecule has 6 N–H and O–H groups in total. The minimum Gasteiger partial charge on any atom is -0.480 e. The molecule has 0 unspecified atom stereocenters. The Labute approximate surface area is 332 Å². The van der Waals surface area contributed by atoms with E-state index in [2.05, 4.69) is 26.6 Å². The molecule has 5 amide bonds. The van der Waals surface area contributed by atoms with Crippen LogP contribution in [0.25, 0.3) is 0 Å². The van der Waals surface area contributed by atoms with Gasteiger partial charge in [0.1, 0.15) is 24.2 Å². The molecule has 58 heavy (non-hydrogen) atoms. The van der Waals surface area contributed by atoms with Gasteiger partial charge < -0.3 is 31.7 Å². The van der Waals surface area contributed by atoms with Crippen molar-refractivity contribution < 1.29 is 47.0 Å². The van der Waals surface area contributed by atoms with Gasteiger partial charge in [-0.1, -0.05) is 72.8 Å². The van der Waals surface area contributed by atoms with E-state index in [-0.39, 0.29) is 43.2 Å². The Kier molecular flexibility index (Phi) is 15.7. The van der Waals surface area contributed by atoms with Gasteiger partial charge in [-0.15, -0.1) is 0 Å². The summed E-state index contributed by atoms with van der Waals surface area (Å²) in [5.41, 5.74) is 1.07. The average molecular weight is 799 g/mol. The molecule has 0 aromatic heterocycles. The van der Waals surface area contributed by atoms with E-state index < -0.39 is 71.4 Å². The second-order valence-electron chi connectivity index (χ2n) is 13.3. The Hall–Kier alpha value is -7.02. The fourth-order valence-corrected chi connectivity index (χ4v) is 5.71. The van der Waals surface area contributed by atoms with Crippen molar-refractivity contribution in [3.8, 4) is 6.07 Å². The smallest absolute Gasteiger partial charge is 0.416 e. The number of hydrogen-bond donors (Lipinski definition) is 6. The van der Waals surface area contributed by atoms with Crippen molar-refractivity contribution in [3.05, 3.63) is 137 Å². The summed E-state index contributed by atoms with van der Waals surface area (Å²) in [7, 11) is 0. The monoisotopic (exact) mass is 798 g/mol. The number of carboxylic acid groups (broad SMARTS) is 1. The van der Waals surface area contributed by atoms with Crippen molar-refractivity contribution >= 4 is 41.2 Å². The molecular weight excluding hydrogens is 757 g/mol. The molecule has 0 spiro atoms.